The van der Waals surface area contributed by atoms with Gasteiger partial charge in [0, 0.05) is 62.8 Å². The second kappa shape index (κ2) is 8.48. The fourth-order valence-electron chi connectivity index (χ4n) is 4.66. The van der Waals surface area contributed by atoms with Crippen LogP contribution in [0.25, 0.3) is 0 Å². The molecule has 0 spiro atoms. The molecule has 2 aliphatic heterocycles. The molecule has 5 heteroatoms. The molecule has 2 fully saturated rings. The minimum Gasteiger partial charge on any atom is -0.369 e. The summed E-state index contributed by atoms with van der Waals surface area (Å²) in [5, 5.41) is 0. The van der Waals surface area contributed by atoms with Crippen molar-refractivity contribution in [2.45, 2.75) is 46.1 Å². The first-order valence-electron chi connectivity index (χ1n) is 10.8. The minimum atomic E-state index is 0.633. The van der Waals surface area contributed by atoms with Crippen molar-refractivity contribution < 1.29 is 0 Å². The number of hydrogen-bond donors (Lipinski definition) is 0. The van der Waals surface area contributed by atoms with Gasteiger partial charge in [0.2, 0.25) is 0 Å². The lowest BCUT2D eigenvalue weighted by Gasteiger charge is -2.44. The van der Waals surface area contributed by atoms with E-state index < -0.39 is 0 Å². The summed E-state index contributed by atoms with van der Waals surface area (Å²) in [4.78, 5) is 17.0. The average molecular weight is 380 g/mol. The number of aryl methyl sites for hydroxylation is 3. The normalized spacial score (nSPS) is 21.2. The van der Waals surface area contributed by atoms with E-state index in [2.05, 4.69) is 63.9 Å². The molecule has 3 heterocycles. The predicted molar refractivity (Wildman–Crippen MR) is 116 cm³/mol. The maximum absolute atomic E-state index is 4.73. The van der Waals surface area contributed by atoms with Crippen LogP contribution in [0.2, 0.25) is 0 Å². The number of nitrogens with zero attached hydrogens (tertiary/aromatic N) is 5. The Morgan fingerprint density at radius 3 is 2.50 bits per heavy atom. The third kappa shape index (κ3) is 4.14. The molecular formula is C23H33N5. The van der Waals surface area contributed by atoms with Crippen LogP contribution < -0.4 is 9.80 Å². The van der Waals surface area contributed by atoms with E-state index in [9.17, 15) is 0 Å². The highest BCUT2D eigenvalue weighted by atomic mass is 15.3. The topological polar surface area (TPSA) is 35.5 Å². The number of benzene rings is 1. The minimum absolute atomic E-state index is 0.633. The summed E-state index contributed by atoms with van der Waals surface area (Å²) in [6.45, 7) is 13.1. The van der Waals surface area contributed by atoms with E-state index in [4.69, 9.17) is 4.98 Å². The molecule has 0 radical (unpaired) electrons. The number of piperazine rings is 1. The monoisotopic (exact) mass is 379 g/mol. The molecule has 150 valence electrons. The fourth-order valence-corrected chi connectivity index (χ4v) is 4.66. The molecule has 2 aliphatic rings. The van der Waals surface area contributed by atoms with E-state index in [1.807, 2.05) is 6.92 Å². The summed E-state index contributed by atoms with van der Waals surface area (Å²) >= 11 is 0. The predicted octanol–water partition coefficient (Wildman–Crippen LogP) is 3.45. The lowest BCUT2D eigenvalue weighted by Crippen LogP contribution is -2.55. The Morgan fingerprint density at radius 1 is 0.964 bits per heavy atom. The van der Waals surface area contributed by atoms with Gasteiger partial charge in [-0.05, 0) is 44.7 Å². The summed E-state index contributed by atoms with van der Waals surface area (Å²) in [5.41, 5.74) is 3.93. The van der Waals surface area contributed by atoms with Gasteiger partial charge in [0.25, 0.3) is 0 Å². The van der Waals surface area contributed by atoms with E-state index in [-0.39, 0.29) is 0 Å². The Labute approximate surface area is 169 Å². The van der Waals surface area contributed by atoms with Crippen LogP contribution in [0.1, 0.15) is 36.8 Å². The largest absolute Gasteiger partial charge is 0.369 e. The fraction of sp³-hybridized carbons (Fsp3) is 0.565. The molecule has 0 unspecified atom stereocenters. The molecule has 5 nitrogen and oxygen atoms in total. The van der Waals surface area contributed by atoms with Crippen LogP contribution in [0.15, 0.2) is 30.3 Å². The third-order valence-corrected chi connectivity index (χ3v) is 6.25. The van der Waals surface area contributed by atoms with E-state index in [0.717, 1.165) is 63.0 Å². The van der Waals surface area contributed by atoms with Crippen LogP contribution in [0.3, 0.4) is 0 Å². The van der Waals surface area contributed by atoms with Gasteiger partial charge in [0.05, 0.1) is 0 Å². The molecule has 1 aromatic heterocycles. The van der Waals surface area contributed by atoms with Gasteiger partial charge in [-0.1, -0.05) is 25.1 Å². The van der Waals surface area contributed by atoms with Gasteiger partial charge in [0.1, 0.15) is 11.6 Å². The maximum Gasteiger partial charge on any atom is 0.132 e. The Kier molecular flexibility index (Phi) is 5.81. The third-order valence-electron chi connectivity index (χ3n) is 6.25. The number of piperidine rings is 1. The number of hydrogen-bond acceptors (Lipinski definition) is 5. The van der Waals surface area contributed by atoms with Crippen molar-refractivity contribution in [2.24, 2.45) is 0 Å². The first-order valence-corrected chi connectivity index (χ1v) is 10.8. The Balaban J connectivity index is 1.39. The molecule has 4 rings (SSSR count). The number of anilines is 2. The van der Waals surface area contributed by atoms with Gasteiger partial charge in [-0.3, -0.25) is 4.90 Å². The van der Waals surface area contributed by atoms with E-state index in [1.54, 1.807) is 0 Å². The average Bonchev–Trinajstić information content (AvgIpc) is 2.74. The van der Waals surface area contributed by atoms with Crippen molar-refractivity contribution in [1.82, 2.24) is 14.9 Å². The molecule has 0 saturated carbocycles. The maximum atomic E-state index is 4.73. The molecule has 0 aliphatic carbocycles. The van der Waals surface area contributed by atoms with Crippen molar-refractivity contribution in [3.05, 3.63) is 47.4 Å². The second-order valence-electron chi connectivity index (χ2n) is 8.17. The van der Waals surface area contributed by atoms with Crippen molar-refractivity contribution in [1.29, 1.82) is 0 Å². The smallest absolute Gasteiger partial charge is 0.132 e. The molecule has 1 aromatic carbocycles. The highest BCUT2D eigenvalue weighted by Gasteiger charge is 2.29. The summed E-state index contributed by atoms with van der Waals surface area (Å²) in [6.07, 6.45) is 3.51. The molecule has 0 N–H and O–H groups in total. The Bertz CT molecular complexity index is 797. The van der Waals surface area contributed by atoms with Gasteiger partial charge in [-0.25, -0.2) is 9.97 Å². The van der Waals surface area contributed by atoms with Crippen molar-refractivity contribution in [2.75, 3.05) is 49.1 Å². The highest BCUT2D eigenvalue weighted by molar-refractivity contribution is 5.53. The number of para-hydroxylation sites is 1. The van der Waals surface area contributed by atoms with E-state index in [0.29, 0.717) is 6.04 Å². The van der Waals surface area contributed by atoms with Crippen LogP contribution >= 0.6 is 0 Å². The quantitative estimate of drug-likeness (QED) is 0.813. The zero-order valence-electron chi connectivity index (χ0n) is 17.6. The van der Waals surface area contributed by atoms with Crippen molar-refractivity contribution in [3.63, 3.8) is 0 Å². The molecule has 1 atom stereocenters. The Hall–Kier alpha value is -2.14. The Morgan fingerprint density at radius 2 is 1.75 bits per heavy atom. The number of aromatic nitrogens is 2. The van der Waals surface area contributed by atoms with Gasteiger partial charge in [0.15, 0.2) is 0 Å². The van der Waals surface area contributed by atoms with E-state index in [1.165, 1.54) is 24.1 Å². The van der Waals surface area contributed by atoms with Crippen LogP contribution in [0, 0.1) is 13.8 Å². The van der Waals surface area contributed by atoms with Crippen LogP contribution in [0.4, 0.5) is 11.5 Å². The molecule has 0 amide bonds. The SMILES string of the molecule is CCc1cc(N2CCC[C@H](N3CCN(c4ccccc4C)CC3)C2)nc(C)n1. The highest BCUT2D eigenvalue weighted by Crippen LogP contribution is 2.25. The van der Waals surface area contributed by atoms with Gasteiger partial charge in [-0.15, -0.1) is 0 Å². The van der Waals surface area contributed by atoms with Gasteiger partial charge in [-0.2, -0.15) is 0 Å². The van der Waals surface area contributed by atoms with Crippen LogP contribution in [-0.4, -0.2) is 60.2 Å². The van der Waals surface area contributed by atoms with E-state index >= 15 is 0 Å². The first kappa shape index (κ1) is 19.2. The molecule has 2 saturated heterocycles. The number of rotatable bonds is 4. The van der Waals surface area contributed by atoms with Gasteiger partial charge >= 0.3 is 0 Å². The van der Waals surface area contributed by atoms with Crippen LogP contribution in [-0.2, 0) is 6.42 Å². The van der Waals surface area contributed by atoms with Crippen molar-refractivity contribution >= 4 is 11.5 Å². The summed E-state index contributed by atoms with van der Waals surface area (Å²) in [6, 6.07) is 11.6. The zero-order chi connectivity index (χ0) is 19.5. The zero-order valence-corrected chi connectivity index (χ0v) is 17.6. The molecule has 28 heavy (non-hydrogen) atoms. The first-order chi connectivity index (χ1) is 13.6. The summed E-state index contributed by atoms with van der Waals surface area (Å²) in [5.74, 6) is 2.01. The lowest BCUT2D eigenvalue weighted by atomic mass is 10.0. The molecule has 2 aromatic rings. The molecule has 0 bridgehead atoms. The standard InChI is InChI=1S/C23H33N5/c1-4-20-16-23(25-19(3)24-20)28-11-7-9-21(17-28)26-12-14-27(15-13-26)22-10-6-5-8-18(22)2/h5-6,8,10,16,21H,4,7,9,11-15,17H2,1-3H3/t21-/m0/s1. The lowest BCUT2D eigenvalue weighted by molar-refractivity contribution is 0.166. The van der Waals surface area contributed by atoms with Crippen molar-refractivity contribution in [3.8, 4) is 0 Å². The van der Waals surface area contributed by atoms with Gasteiger partial charge < -0.3 is 9.80 Å². The molecular weight excluding hydrogens is 346 g/mol. The second-order valence-corrected chi connectivity index (χ2v) is 8.17. The summed E-state index contributed by atoms with van der Waals surface area (Å²) < 4.78 is 0. The summed E-state index contributed by atoms with van der Waals surface area (Å²) in [7, 11) is 0. The van der Waals surface area contributed by atoms with Crippen LogP contribution in [0.5, 0.6) is 0 Å².